The molecule has 2 aliphatic heterocycles. The van der Waals surface area contributed by atoms with Gasteiger partial charge in [0, 0.05) is 25.2 Å². The van der Waals surface area contributed by atoms with E-state index in [-0.39, 0.29) is 11.8 Å². The van der Waals surface area contributed by atoms with E-state index in [1.165, 1.54) is 19.3 Å². The topological polar surface area (TPSA) is 78.3 Å². The van der Waals surface area contributed by atoms with Crippen LogP contribution in [-0.2, 0) is 11.3 Å². The largest absolute Gasteiger partial charge is 0.375 e. The number of nitrogens with zero attached hydrogens (tertiary/aromatic N) is 3. The van der Waals surface area contributed by atoms with Gasteiger partial charge in [0.05, 0.1) is 30.6 Å². The van der Waals surface area contributed by atoms with Gasteiger partial charge in [0.1, 0.15) is 5.82 Å². The van der Waals surface area contributed by atoms with Crippen molar-refractivity contribution in [1.82, 2.24) is 10.3 Å². The number of anilines is 1. The zero-order valence-corrected chi connectivity index (χ0v) is 19.1. The molecule has 4 rings (SSSR count). The first-order valence-corrected chi connectivity index (χ1v) is 11.6. The number of benzene rings is 1. The second kappa shape index (κ2) is 10.5. The Kier molecular flexibility index (Phi) is 7.21. The number of pyridine rings is 1. The van der Waals surface area contributed by atoms with Crippen molar-refractivity contribution < 1.29 is 9.53 Å². The third-order valence-corrected chi connectivity index (χ3v) is 6.23. The molecule has 0 bridgehead atoms. The highest BCUT2D eigenvalue weighted by atomic mass is 16.5. The van der Waals surface area contributed by atoms with Crippen LogP contribution in [0.1, 0.15) is 53.6 Å². The number of nitriles is 1. The molecular weight excluding hydrogens is 412 g/mol. The number of carbonyl (C=O) groups is 1. The van der Waals surface area contributed by atoms with E-state index in [2.05, 4.69) is 35.0 Å². The van der Waals surface area contributed by atoms with E-state index in [4.69, 9.17) is 9.72 Å². The van der Waals surface area contributed by atoms with Crippen LogP contribution in [0.3, 0.4) is 0 Å². The van der Waals surface area contributed by atoms with Crippen molar-refractivity contribution in [2.45, 2.75) is 38.7 Å². The quantitative estimate of drug-likeness (QED) is 0.771. The van der Waals surface area contributed by atoms with E-state index >= 15 is 0 Å². The molecule has 1 fully saturated rings. The molecule has 0 spiro atoms. The van der Waals surface area contributed by atoms with Crippen LogP contribution in [0.2, 0.25) is 0 Å². The number of nitrogens with one attached hydrogen (secondary N) is 1. The van der Waals surface area contributed by atoms with Crippen molar-refractivity contribution in [1.29, 1.82) is 5.26 Å². The molecule has 1 atom stereocenters. The number of aromatic nitrogens is 1. The molecule has 2 aliphatic rings. The van der Waals surface area contributed by atoms with Gasteiger partial charge in [0.15, 0.2) is 0 Å². The molecule has 1 unspecified atom stereocenters. The summed E-state index contributed by atoms with van der Waals surface area (Å²) in [7, 11) is 0. The molecule has 6 nitrogen and oxygen atoms in total. The molecule has 1 saturated heterocycles. The Morgan fingerprint density at radius 1 is 1.30 bits per heavy atom. The Morgan fingerprint density at radius 3 is 2.88 bits per heavy atom. The number of rotatable bonds is 5. The highest BCUT2D eigenvalue weighted by Crippen LogP contribution is 2.27. The van der Waals surface area contributed by atoms with E-state index in [9.17, 15) is 10.1 Å². The van der Waals surface area contributed by atoms with Gasteiger partial charge in [-0.2, -0.15) is 5.26 Å². The zero-order valence-electron chi connectivity index (χ0n) is 19.1. The average Bonchev–Trinajstić information content (AvgIpc) is 2.87. The minimum absolute atomic E-state index is 0.187. The first-order valence-electron chi connectivity index (χ1n) is 11.6. The van der Waals surface area contributed by atoms with Gasteiger partial charge >= 0.3 is 0 Å². The predicted molar refractivity (Wildman–Crippen MR) is 130 cm³/mol. The van der Waals surface area contributed by atoms with E-state index in [1.54, 1.807) is 12.1 Å². The number of piperidine rings is 1. The normalized spacial score (nSPS) is 19.0. The molecule has 3 heterocycles. The predicted octanol–water partition coefficient (Wildman–Crippen LogP) is 2.78. The number of hydrogen-bond donors (Lipinski definition) is 1. The van der Waals surface area contributed by atoms with Gasteiger partial charge in [0.2, 0.25) is 0 Å². The van der Waals surface area contributed by atoms with Crippen molar-refractivity contribution in [3.8, 4) is 6.07 Å². The van der Waals surface area contributed by atoms with Crippen molar-refractivity contribution in [3.63, 3.8) is 0 Å². The van der Waals surface area contributed by atoms with Crippen molar-refractivity contribution >= 4 is 23.9 Å². The summed E-state index contributed by atoms with van der Waals surface area (Å²) >= 11 is 0. The fourth-order valence-electron chi connectivity index (χ4n) is 4.35. The third kappa shape index (κ3) is 5.32. The first-order chi connectivity index (χ1) is 16.1. The monoisotopic (exact) mass is 442 g/mol. The number of hydrogen-bond acceptors (Lipinski definition) is 5. The van der Waals surface area contributed by atoms with Gasteiger partial charge in [-0.25, -0.2) is 4.98 Å². The van der Waals surface area contributed by atoms with Gasteiger partial charge in [-0.3, -0.25) is 4.79 Å². The highest BCUT2D eigenvalue weighted by molar-refractivity contribution is 5.94. The number of ether oxygens (including phenoxy) is 1. The van der Waals surface area contributed by atoms with Crippen LogP contribution in [0.15, 0.2) is 42.5 Å². The molecule has 1 aromatic heterocycles. The molecule has 1 N–H and O–H groups in total. The third-order valence-electron chi connectivity index (χ3n) is 6.23. The molecule has 0 radical (unpaired) electrons. The van der Waals surface area contributed by atoms with Crippen molar-refractivity contribution in [3.05, 3.63) is 69.7 Å². The summed E-state index contributed by atoms with van der Waals surface area (Å²) in [6, 6.07) is 11.9. The minimum Gasteiger partial charge on any atom is -0.375 e. The van der Waals surface area contributed by atoms with Crippen LogP contribution in [0.4, 0.5) is 5.82 Å². The van der Waals surface area contributed by atoms with Gasteiger partial charge in [-0.1, -0.05) is 18.7 Å². The fraction of sp³-hybridized carbons (Fsp3) is 0.370. The second-order valence-corrected chi connectivity index (χ2v) is 8.58. The molecule has 0 aliphatic carbocycles. The summed E-state index contributed by atoms with van der Waals surface area (Å²) in [6.45, 7) is 9.36. The van der Waals surface area contributed by atoms with Gasteiger partial charge in [-0.15, -0.1) is 0 Å². The Morgan fingerprint density at radius 2 is 2.12 bits per heavy atom. The summed E-state index contributed by atoms with van der Waals surface area (Å²) < 4.78 is 5.45. The number of carbonyl (C=O) groups excluding carboxylic acids is 1. The van der Waals surface area contributed by atoms with E-state index in [0.29, 0.717) is 25.3 Å². The maximum atomic E-state index is 12.8. The Hall–Kier alpha value is -3.43. The molecule has 6 heteroatoms. The van der Waals surface area contributed by atoms with Crippen LogP contribution in [0.5, 0.6) is 0 Å². The Bertz CT molecular complexity index is 1210. The van der Waals surface area contributed by atoms with Crippen LogP contribution in [0.25, 0.3) is 12.2 Å². The van der Waals surface area contributed by atoms with Crippen molar-refractivity contribution in [2.24, 2.45) is 0 Å². The van der Waals surface area contributed by atoms with E-state index in [1.807, 2.05) is 25.1 Å². The van der Waals surface area contributed by atoms with Gasteiger partial charge < -0.3 is 15.0 Å². The lowest BCUT2D eigenvalue weighted by atomic mass is 9.92. The zero-order chi connectivity index (χ0) is 23.2. The standard InChI is InChI=1S/C27H30N4O2/c1-3-20-9-10-26(31-11-5-4-6-12-31)30-25(20)13-19(2)16-29-27(32)21-7-8-22-17-33-18-23(15-28)24(22)14-21/h3,7-10,13-14,23H,2,4-6,11-12,16-18H2,1H3,(H,29,32)/b20-3-,25-13+. The molecule has 2 aromatic rings. The van der Waals surface area contributed by atoms with Crippen LogP contribution < -0.4 is 20.8 Å². The van der Waals surface area contributed by atoms with E-state index in [0.717, 1.165) is 46.2 Å². The fourth-order valence-corrected chi connectivity index (χ4v) is 4.35. The lowest BCUT2D eigenvalue weighted by Crippen LogP contribution is -2.35. The summed E-state index contributed by atoms with van der Waals surface area (Å²) in [4.78, 5) is 20.0. The molecule has 33 heavy (non-hydrogen) atoms. The molecule has 1 aromatic carbocycles. The number of amides is 1. The first kappa shape index (κ1) is 22.8. The van der Waals surface area contributed by atoms with Gasteiger partial charge in [0.25, 0.3) is 5.91 Å². The summed E-state index contributed by atoms with van der Waals surface area (Å²) in [6.07, 6.45) is 7.66. The molecule has 170 valence electrons. The molecular formula is C27H30N4O2. The number of fused-ring (bicyclic) bond motifs is 1. The smallest absolute Gasteiger partial charge is 0.251 e. The summed E-state index contributed by atoms with van der Waals surface area (Å²) in [5.41, 5.74) is 3.15. The highest BCUT2D eigenvalue weighted by Gasteiger charge is 2.22. The van der Waals surface area contributed by atoms with Crippen LogP contribution >= 0.6 is 0 Å². The van der Waals surface area contributed by atoms with Crippen LogP contribution in [-0.4, -0.2) is 37.1 Å². The Labute approximate surface area is 194 Å². The maximum absolute atomic E-state index is 12.8. The minimum atomic E-state index is -0.341. The van der Waals surface area contributed by atoms with E-state index < -0.39 is 0 Å². The maximum Gasteiger partial charge on any atom is 0.251 e. The van der Waals surface area contributed by atoms with Gasteiger partial charge in [-0.05, 0) is 78.4 Å². The molecule has 1 amide bonds. The second-order valence-electron chi connectivity index (χ2n) is 8.58. The SMILES string of the molecule is C=C(/C=c1/nc(N2CCCCC2)cc/c1=C/C)CNC(=O)c1ccc2c(c1)C(C#N)COC2. The lowest BCUT2D eigenvalue weighted by molar-refractivity contribution is 0.0952. The Balaban J connectivity index is 1.47. The lowest BCUT2D eigenvalue weighted by Gasteiger charge is -2.27. The summed E-state index contributed by atoms with van der Waals surface area (Å²) in [5, 5.41) is 14.2. The van der Waals surface area contributed by atoms with Crippen LogP contribution in [0, 0.1) is 11.3 Å². The summed E-state index contributed by atoms with van der Waals surface area (Å²) in [5.74, 6) is 0.466. The average molecular weight is 443 g/mol. The van der Waals surface area contributed by atoms with Crippen molar-refractivity contribution in [2.75, 3.05) is 31.1 Å². The molecule has 0 saturated carbocycles.